The van der Waals surface area contributed by atoms with Crippen molar-refractivity contribution in [2.75, 3.05) is 26.3 Å². The number of nitrogens with one attached hydrogen (secondary N) is 1. The molecule has 0 amide bonds. The maximum atomic E-state index is 5.36. The minimum atomic E-state index is 0.786. The number of rotatable bonds is 2. The van der Waals surface area contributed by atoms with Crippen molar-refractivity contribution in [3.05, 3.63) is 36.3 Å². The third-order valence-corrected chi connectivity index (χ3v) is 3.78. The van der Waals surface area contributed by atoms with Crippen LogP contribution in [0.1, 0.15) is 5.82 Å². The molecule has 0 unspecified atom stereocenters. The minimum absolute atomic E-state index is 0.786. The normalized spacial score (nSPS) is 17.0. The van der Waals surface area contributed by atoms with Crippen molar-refractivity contribution in [1.29, 1.82) is 0 Å². The van der Waals surface area contributed by atoms with E-state index in [0.29, 0.717) is 0 Å². The van der Waals surface area contributed by atoms with Gasteiger partial charge in [0.15, 0.2) is 0 Å². The summed E-state index contributed by atoms with van der Waals surface area (Å²) in [4.78, 5) is 14.9. The third-order valence-electron chi connectivity index (χ3n) is 3.78. The number of aromatic nitrogens is 3. The average molecular weight is 268 g/mol. The number of benzene rings is 1. The van der Waals surface area contributed by atoms with Crippen molar-refractivity contribution in [1.82, 2.24) is 19.9 Å². The van der Waals surface area contributed by atoms with Crippen LogP contribution in [0.5, 0.6) is 0 Å². The summed E-state index contributed by atoms with van der Waals surface area (Å²) < 4.78 is 5.36. The lowest BCUT2D eigenvalue weighted by atomic mass is 10.2. The number of ether oxygens (including phenoxy) is 1. The maximum Gasteiger partial charge on any atom is 0.144 e. The van der Waals surface area contributed by atoms with Crippen LogP contribution in [-0.2, 0) is 11.3 Å². The monoisotopic (exact) mass is 268 g/mol. The molecule has 102 valence electrons. The van der Waals surface area contributed by atoms with E-state index in [9.17, 15) is 0 Å². The van der Waals surface area contributed by atoms with E-state index in [1.165, 1.54) is 5.39 Å². The Balaban J connectivity index is 1.69. The van der Waals surface area contributed by atoms with Crippen LogP contribution in [0.15, 0.2) is 30.5 Å². The van der Waals surface area contributed by atoms with E-state index >= 15 is 0 Å². The lowest BCUT2D eigenvalue weighted by Crippen LogP contribution is -2.36. The summed E-state index contributed by atoms with van der Waals surface area (Å²) in [6, 6.07) is 8.23. The van der Waals surface area contributed by atoms with E-state index in [4.69, 9.17) is 4.74 Å². The molecule has 1 aliphatic rings. The highest BCUT2D eigenvalue weighted by atomic mass is 16.5. The standard InChI is InChI=1S/C15H16N4O/c1-2-4-13-11(3-1)12-9-16-14(18-15(12)17-13)10-19-5-7-20-8-6-19/h1-4,9H,5-8,10H2,(H,16,17,18). The minimum Gasteiger partial charge on any atom is -0.379 e. The van der Waals surface area contributed by atoms with Crippen LogP contribution in [0.2, 0.25) is 0 Å². The van der Waals surface area contributed by atoms with Crippen LogP contribution in [0.25, 0.3) is 21.9 Å². The van der Waals surface area contributed by atoms with Gasteiger partial charge in [-0.05, 0) is 6.07 Å². The highest BCUT2D eigenvalue weighted by molar-refractivity contribution is 6.05. The summed E-state index contributed by atoms with van der Waals surface area (Å²) in [6.07, 6.45) is 1.93. The molecule has 0 radical (unpaired) electrons. The molecule has 1 fully saturated rings. The topological polar surface area (TPSA) is 54.0 Å². The summed E-state index contributed by atoms with van der Waals surface area (Å²) >= 11 is 0. The largest absolute Gasteiger partial charge is 0.379 e. The fourth-order valence-corrected chi connectivity index (χ4v) is 2.70. The van der Waals surface area contributed by atoms with Crippen LogP contribution in [0, 0.1) is 0 Å². The van der Waals surface area contributed by atoms with Gasteiger partial charge in [-0.25, -0.2) is 9.97 Å². The molecule has 0 spiro atoms. The van der Waals surface area contributed by atoms with Gasteiger partial charge in [0.1, 0.15) is 11.5 Å². The SMILES string of the molecule is c1ccc2c(c1)[nH]c1nc(CN3CCOCC3)ncc12. The van der Waals surface area contributed by atoms with E-state index in [-0.39, 0.29) is 0 Å². The number of para-hydroxylation sites is 1. The van der Waals surface area contributed by atoms with Gasteiger partial charge in [-0.3, -0.25) is 4.90 Å². The Kier molecular flexibility index (Phi) is 2.86. The van der Waals surface area contributed by atoms with Gasteiger partial charge >= 0.3 is 0 Å². The van der Waals surface area contributed by atoms with Gasteiger partial charge in [-0.1, -0.05) is 18.2 Å². The Morgan fingerprint density at radius 3 is 2.90 bits per heavy atom. The van der Waals surface area contributed by atoms with Gasteiger partial charge in [0, 0.05) is 35.6 Å². The molecule has 4 rings (SSSR count). The molecule has 20 heavy (non-hydrogen) atoms. The molecule has 3 heterocycles. The van der Waals surface area contributed by atoms with E-state index in [1.807, 2.05) is 18.3 Å². The highest BCUT2D eigenvalue weighted by Gasteiger charge is 2.13. The molecule has 0 atom stereocenters. The zero-order valence-corrected chi connectivity index (χ0v) is 11.2. The molecule has 1 aromatic carbocycles. The van der Waals surface area contributed by atoms with Crippen molar-refractivity contribution in [2.24, 2.45) is 0 Å². The second kappa shape index (κ2) is 4.85. The number of nitrogens with zero attached hydrogens (tertiary/aromatic N) is 3. The fraction of sp³-hybridized carbons (Fsp3) is 0.333. The molecule has 0 bridgehead atoms. The molecule has 1 saturated heterocycles. The zero-order chi connectivity index (χ0) is 13.4. The molecule has 0 saturated carbocycles. The van der Waals surface area contributed by atoms with Crippen LogP contribution in [0.4, 0.5) is 0 Å². The van der Waals surface area contributed by atoms with Crippen molar-refractivity contribution in [3.8, 4) is 0 Å². The van der Waals surface area contributed by atoms with E-state index in [2.05, 4.69) is 32.0 Å². The van der Waals surface area contributed by atoms with E-state index in [0.717, 1.165) is 55.2 Å². The Morgan fingerprint density at radius 1 is 1.15 bits per heavy atom. The fourth-order valence-electron chi connectivity index (χ4n) is 2.70. The van der Waals surface area contributed by atoms with Gasteiger partial charge in [0.25, 0.3) is 0 Å². The third kappa shape index (κ3) is 2.05. The second-order valence-electron chi connectivity index (χ2n) is 5.11. The summed E-state index contributed by atoms with van der Waals surface area (Å²) in [5, 5.41) is 2.27. The Bertz CT molecular complexity index is 746. The number of H-pyrrole nitrogens is 1. The molecule has 0 aliphatic carbocycles. The number of aromatic amines is 1. The first-order valence-corrected chi connectivity index (χ1v) is 6.92. The average Bonchev–Trinajstić information content (AvgIpc) is 2.86. The number of hydrogen-bond acceptors (Lipinski definition) is 4. The maximum absolute atomic E-state index is 5.36. The predicted molar refractivity (Wildman–Crippen MR) is 77.5 cm³/mol. The van der Waals surface area contributed by atoms with Crippen LogP contribution >= 0.6 is 0 Å². The van der Waals surface area contributed by atoms with Crippen molar-refractivity contribution < 1.29 is 4.74 Å². The lowest BCUT2D eigenvalue weighted by molar-refractivity contribution is 0.0331. The predicted octanol–water partition coefficient (Wildman–Crippen LogP) is 1.94. The zero-order valence-electron chi connectivity index (χ0n) is 11.2. The molecule has 3 aromatic rings. The molecule has 5 heteroatoms. The second-order valence-corrected chi connectivity index (χ2v) is 5.11. The van der Waals surface area contributed by atoms with Gasteiger partial charge in [-0.15, -0.1) is 0 Å². The molecular formula is C15H16N4O. The van der Waals surface area contributed by atoms with E-state index < -0.39 is 0 Å². The van der Waals surface area contributed by atoms with Crippen molar-refractivity contribution >= 4 is 21.9 Å². The summed E-state index contributed by atoms with van der Waals surface area (Å²) in [5.74, 6) is 0.867. The Morgan fingerprint density at radius 2 is 2.00 bits per heavy atom. The number of morpholine rings is 1. The number of hydrogen-bond donors (Lipinski definition) is 1. The molecule has 2 aromatic heterocycles. The summed E-state index contributed by atoms with van der Waals surface area (Å²) in [5.41, 5.74) is 2.03. The van der Waals surface area contributed by atoms with Crippen LogP contribution in [-0.4, -0.2) is 46.2 Å². The number of fused-ring (bicyclic) bond motifs is 3. The lowest BCUT2D eigenvalue weighted by Gasteiger charge is -2.25. The first-order chi connectivity index (χ1) is 9.90. The first kappa shape index (κ1) is 11.8. The van der Waals surface area contributed by atoms with Gasteiger partial charge in [-0.2, -0.15) is 0 Å². The van der Waals surface area contributed by atoms with Gasteiger partial charge < -0.3 is 9.72 Å². The summed E-state index contributed by atoms with van der Waals surface area (Å²) in [6.45, 7) is 4.29. The quantitative estimate of drug-likeness (QED) is 0.771. The molecule has 5 nitrogen and oxygen atoms in total. The highest BCUT2D eigenvalue weighted by Crippen LogP contribution is 2.23. The van der Waals surface area contributed by atoms with Crippen LogP contribution in [0.3, 0.4) is 0 Å². The first-order valence-electron chi connectivity index (χ1n) is 6.92. The Labute approximate surface area is 116 Å². The van der Waals surface area contributed by atoms with Gasteiger partial charge in [0.05, 0.1) is 19.8 Å². The molecule has 1 N–H and O–H groups in total. The van der Waals surface area contributed by atoms with E-state index in [1.54, 1.807) is 0 Å². The molecular weight excluding hydrogens is 252 g/mol. The van der Waals surface area contributed by atoms with Gasteiger partial charge in [0.2, 0.25) is 0 Å². The molecule has 1 aliphatic heterocycles. The van der Waals surface area contributed by atoms with Crippen LogP contribution < -0.4 is 0 Å². The van der Waals surface area contributed by atoms with Crippen molar-refractivity contribution in [2.45, 2.75) is 6.54 Å². The van der Waals surface area contributed by atoms with Crippen molar-refractivity contribution in [3.63, 3.8) is 0 Å². The smallest absolute Gasteiger partial charge is 0.144 e. The summed E-state index contributed by atoms with van der Waals surface area (Å²) in [7, 11) is 0. The Hall–Kier alpha value is -1.98.